The number of nitrogens with two attached hydrogens (primary N) is 1. The molecule has 0 radical (unpaired) electrons. The number of carbonyl (C=O) groups is 2. The molecule has 0 saturated heterocycles. The molecule has 29 heavy (non-hydrogen) atoms. The van der Waals surface area contributed by atoms with Gasteiger partial charge in [-0.05, 0) is 35.4 Å². The van der Waals surface area contributed by atoms with Crippen LogP contribution in [0, 0.1) is 0 Å². The Morgan fingerprint density at radius 2 is 1.90 bits per heavy atom. The molecule has 0 amide bonds. The fraction of sp³-hybridized carbons (Fsp3) is 0.100. The van der Waals surface area contributed by atoms with Crippen LogP contribution in [0.15, 0.2) is 48.5 Å². The first-order valence-corrected chi connectivity index (χ1v) is 9.63. The van der Waals surface area contributed by atoms with Crippen molar-refractivity contribution in [3.8, 4) is 16.2 Å². The van der Waals surface area contributed by atoms with E-state index in [2.05, 4.69) is 5.32 Å². The third-order valence-electron chi connectivity index (χ3n) is 3.92. The van der Waals surface area contributed by atoms with Gasteiger partial charge >= 0.3 is 11.9 Å². The molecule has 3 aromatic rings. The largest absolute Gasteiger partial charge is 0.479 e. The zero-order valence-electron chi connectivity index (χ0n) is 15.0. The number of hydrogen-bond acceptors (Lipinski definition) is 6. The van der Waals surface area contributed by atoms with E-state index in [-0.39, 0.29) is 15.6 Å². The first-order chi connectivity index (χ1) is 13.8. The smallest absolute Gasteiger partial charge is 0.349 e. The summed E-state index contributed by atoms with van der Waals surface area (Å²) >= 11 is 7.26. The lowest BCUT2D eigenvalue weighted by Gasteiger charge is -2.09. The van der Waals surface area contributed by atoms with Gasteiger partial charge in [0.15, 0.2) is 17.2 Å². The standard InChI is InChI=1S/C20H17ClN2O5S/c21-16-17(28-10-15(24)25)19(20(26)27)29-18(16)12-4-2-6-14(8-12)23-9-11-3-1-5-13(22)7-11/h1-8,23H,9-10,22H2,(H,24,25)(H,26,27). The lowest BCUT2D eigenvalue weighted by molar-refractivity contribution is -0.139. The molecule has 0 aliphatic rings. The van der Waals surface area contributed by atoms with E-state index < -0.39 is 18.5 Å². The van der Waals surface area contributed by atoms with Gasteiger partial charge in [-0.1, -0.05) is 35.9 Å². The van der Waals surface area contributed by atoms with E-state index in [4.69, 9.17) is 27.2 Å². The highest BCUT2D eigenvalue weighted by atomic mass is 35.5. The molecule has 1 heterocycles. The second-order valence-electron chi connectivity index (χ2n) is 6.07. The summed E-state index contributed by atoms with van der Waals surface area (Å²) in [6.07, 6.45) is 0. The summed E-state index contributed by atoms with van der Waals surface area (Å²) in [6.45, 7) is -0.127. The van der Waals surface area contributed by atoms with Crippen LogP contribution in [0.1, 0.15) is 15.2 Å². The minimum Gasteiger partial charge on any atom is -0.479 e. The Hall–Kier alpha value is -3.23. The van der Waals surface area contributed by atoms with Gasteiger partial charge in [-0.2, -0.15) is 0 Å². The van der Waals surface area contributed by atoms with E-state index in [1.807, 2.05) is 42.5 Å². The van der Waals surface area contributed by atoms with Gasteiger partial charge in [0.05, 0.1) is 4.88 Å². The van der Waals surface area contributed by atoms with Gasteiger partial charge in [0.1, 0.15) is 5.02 Å². The maximum Gasteiger partial charge on any atom is 0.349 e. The minimum atomic E-state index is -1.24. The molecule has 0 fully saturated rings. The molecule has 0 bridgehead atoms. The average Bonchev–Trinajstić information content (AvgIpc) is 3.02. The topological polar surface area (TPSA) is 122 Å². The number of halogens is 1. The summed E-state index contributed by atoms with van der Waals surface area (Å²) in [6, 6.07) is 14.8. The van der Waals surface area contributed by atoms with E-state index in [1.54, 1.807) is 6.07 Å². The van der Waals surface area contributed by atoms with Gasteiger partial charge < -0.3 is 26.0 Å². The number of anilines is 2. The predicted molar refractivity (Wildman–Crippen MR) is 113 cm³/mol. The Morgan fingerprint density at radius 3 is 2.59 bits per heavy atom. The Labute approximate surface area is 175 Å². The maximum absolute atomic E-state index is 11.5. The molecule has 0 spiro atoms. The number of rotatable bonds is 8. The predicted octanol–water partition coefficient (Wildman–Crippen LogP) is 4.42. The molecule has 150 valence electrons. The fourth-order valence-electron chi connectivity index (χ4n) is 2.66. The molecule has 0 unspecified atom stereocenters. The van der Waals surface area contributed by atoms with Crippen LogP contribution in [-0.2, 0) is 11.3 Å². The van der Waals surface area contributed by atoms with Crippen LogP contribution in [0.4, 0.5) is 11.4 Å². The third-order valence-corrected chi connectivity index (χ3v) is 5.60. The summed E-state index contributed by atoms with van der Waals surface area (Å²) < 4.78 is 5.11. The van der Waals surface area contributed by atoms with Crippen LogP contribution in [0.5, 0.6) is 5.75 Å². The monoisotopic (exact) mass is 432 g/mol. The number of thiophene rings is 1. The SMILES string of the molecule is Nc1cccc(CNc2cccc(-c3sc(C(=O)O)c(OCC(=O)O)c3Cl)c2)c1. The van der Waals surface area contributed by atoms with Crippen molar-refractivity contribution in [3.05, 3.63) is 64.0 Å². The number of nitrogen functional groups attached to an aromatic ring is 1. The first kappa shape index (κ1) is 20.5. The summed E-state index contributed by atoms with van der Waals surface area (Å²) in [5, 5.41) is 21.6. The van der Waals surface area contributed by atoms with Crippen molar-refractivity contribution in [2.75, 3.05) is 17.7 Å². The number of aromatic carboxylic acids is 1. The van der Waals surface area contributed by atoms with E-state index in [9.17, 15) is 14.7 Å². The second kappa shape index (κ2) is 8.85. The number of nitrogens with one attached hydrogen (secondary N) is 1. The molecular formula is C20H17ClN2O5S. The van der Waals surface area contributed by atoms with Gasteiger partial charge in [0, 0.05) is 17.9 Å². The number of carboxylic acid groups (broad SMARTS) is 2. The fourth-order valence-corrected chi connectivity index (χ4v) is 4.06. The lowest BCUT2D eigenvalue weighted by Crippen LogP contribution is -2.10. The summed E-state index contributed by atoms with van der Waals surface area (Å²) in [5.41, 5.74) is 8.98. The Bertz CT molecular complexity index is 1070. The van der Waals surface area contributed by atoms with Crippen LogP contribution in [-0.4, -0.2) is 28.8 Å². The lowest BCUT2D eigenvalue weighted by atomic mass is 10.1. The van der Waals surface area contributed by atoms with E-state index in [0.29, 0.717) is 22.7 Å². The molecule has 1 aromatic heterocycles. The highest BCUT2D eigenvalue weighted by molar-refractivity contribution is 7.18. The van der Waals surface area contributed by atoms with Crippen LogP contribution >= 0.6 is 22.9 Å². The molecule has 7 nitrogen and oxygen atoms in total. The van der Waals surface area contributed by atoms with E-state index in [1.165, 1.54) is 0 Å². The van der Waals surface area contributed by atoms with Gasteiger partial charge in [0.2, 0.25) is 0 Å². The Morgan fingerprint density at radius 1 is 1.14 bits per heavy atom. The van der Waals surface area contributed by atoms with Crippen molar-refractivity contribution in [1.82, 2.24) is 0 Å². The quantitative estimate of drug-likeness (QED) is 0.388. The van der Waals surface area contributed by atoms with Crippen molar-refractivity contribution in [1.29, 1.82) is 0 Å². The van der Waals surface area contributed by atoms with Gasteiger partial charge in [-0.25, -0.2) is 9.59 Å². The number of hydrogen-bond donors (Lipinski definition) is 4. The molecule has 0 saturated carbocycles. The molecule has 0 atom stereocenters. The van der Waals surface area contributed by atoms with E-state index >= 15 is 0 Å². The first-order valence-electron chi connectivity index (χ1n) is 8.44. The average molecular weight is 433 g/mol. The number of benzene rings is 2. The Kier molecular flexibility index (Phi) is 6.26. The molecule has 3 rings (SSSR count). The molecule has 9 heteroatoms. The number of carboxylic acids is 2. The zero-order valence-corrected chi connectivity index (χ0v) is 16.6. The summed E-state index contributed by atoms with van der Waals surface area (Å²) in [7, 11) is 0. The Balaban J connectivity index is 1.86. The minimum absolute atomic E-state index is 0.0710. The number of aliphatic carboxylic acids is 1. The van der Waals surface area contributed by atoms with Crippen molar-refractivity contribution < 1.29 is 24.5 Å². The van der Waals surface area contributed by atoms with Crippen LogP contribution in [0.3, 0.4) is 0 Å². The van der Waals surface area contributed by atoms with Crippen LogP contribution in [0.25, 0.3) is 10.4 Å². The molecule has 0 aliphatic carbocycles. The number of ether oxygens (including phenoxy) is 1. The molecule has 0 aliphatic heterocycles. The van der Waals surface area contributed by atoms with Gasteiger partial charge in [-0.3, -0.25) is 0 Å². The molecular weight excluding hydrogens is 416 g/mol. The highest BCUT2D eigenvalue weighted by Crippen LogP contribution is 2.45. The van der Waals surface area contributed by atoms with Gasteiger partial charge in [-0.15, -0.1) is 11.3 Å². The highest BCUT2D eigenvalue weighted by Gasteiger charge is 2.24. The summed E-state index contributed by atoms with van der Waals surface area (Å²) in [5.74, 6) is -2.60. The zero-order chi connectivity index (χ0) is 21.0. The molecule has 2 aromatic carbocycles. The maximum atomic E-state index is 11.5. The van der Waals surface area contributed by atoms with Gasteiger partial charge in [0.25, 0.3) is 0 Å². The van der Waals surface area contributed by atoms with Crippen LogP contribution < -0.4 is 15.8 Å². The third kappa shape index (κ3) is 4.98. The van der Waals surface area contributed by atoms with Crippen molar-refractivity contribution in [2.45, 2.75) is 6.54 Å². The van der Waals surface area contributed by atoms with Crippen LogP contribution in [0.2, 0.25) is 5.02 Å². The van der Waals surface area contributed by atoms with Crippen molar-refractivity contribution >= 4 is 46.3 Å². The molecule has 5 N–H and O–H groups in total. The normalized spacial score (nSPS) is 10.5. The second-order valence-corrected chi connectivity index (χ2v) is 7.47. The summed E-state index contributed by atoms with van der Waals surface area (Å²) in [4.78, 5) is 22.6. The van der Waals surface area contributed by atoms with Crippen molar-refractivity contribution in [3.63, 3.8) is 0 Å². The van der Waals surface area contributed by atoms with Crippen molar-refractivity contribution in [2.24, 2.45) is 0 Å². The van der Waals surface area contributed by atoms with E-state index in [0.717, 1.165) is 22.6 Å².